The third-order valence-corrected chi connectivity index (χ3v) is 3.71. The highest BCUT2D eigenvalue weighted by Crippen LogP contribution is 2.17. The lowest BCUT2D eigenvalue weighted by Crippen LogP contribution is -2.39. The molecule has 3 rings (SSSR count). The Balaban J connectivity index is 1.71. The Hall–Kier alpha value is -1.95. The Bertz CT molecular complexity index is 597. The number of aromatic nitrogens is 4. The first-order chi connectivity index (χ1) is 9.76. The molecule has 20 heavy (non-hydrogen) atoms. The van der Waals surface area contributed by atoms with Crippen molar-refractivity contribution in [3.05, 3.63) is 30.7 Å². The Morgan fingerprint density at radius 2 is 2.25 bits per heavy atom. The SMILES string of the molecule is C=CCN1CCC(Nc2cc(C)nc3ncnn23)CC1. The molecule has 0 atom stereocenters. The third kappa shape index (κ3) is 2.65. The highest BCUT2D eigenvalue weighted by atomic mass is 15.4. The molecule has 1 aliphatic heterocycles. The predicted molar refractivity (Wildman–Crippen MR) is 78.8 cm³/mol. The van der Waals surface area contributed by atoms with Gasteiger partial charge in [-0.15, -0.1) is 6.58 Å². The molecule has 1 saturated heterocycles. The molecule has 0 radical (unpaired) electrons. The van der Waals surface area contributed by atoms with Gasteiger partial charge in [-0.3, -0.25) is 4.90 Å². The van der Waals surface area contributed by atoms with Crippen LogP contribution < -0.4 is 5.32 Å². The number of fused-ring (bicyclic) bond motifs is 1. The molecule has 2 aromatic heterocycles. The molecular formula is C14H20N6. The lowest BCUT2D eigenvalue weighted by Gasteiger charge is -2.32. The highest BCUT2D eigenvalue weighted by molar-refractivity contribution is 5.45. The Kier molecular flexibility index (Phi) is 3.64. The lowest BCUT2D eigenvalue weighted by atomic mass is 10.1. The molecule has 0 saturated carbocycles. The van der Waals surface area contributed by atoms with E-state index >= 15 is 0 Å². The summed E-state index contributed by atoms with van der Waals surface area (Å²) in [4.78, 5) is 10.9. The fraction of sp³-hybridized carbons (Fsp3) is 0.500. The van der Waals surface area contributed by atoms with Gasteiger partial charge < -0.3 is 5.32 Å². The average molecular weight is 272 g/mol. The minimum absolute atomic E-state index is 0.477. The molecule has 0 spiro atoms. The van der Waals surface area contributed by atoms with Crippen LogP contribution in [0.2, 0.25) is 0 Å². The molecule has 6 heteroatoms. The largest absolute Gasteiger partial charge is 0.367 e. The second kappa shape index (κ2) is 5.58. The number of rotatable bonds is 4. The van der Waals surface area contributed by atoms with Gasteiger partial charge in [0.1, 0.15) is 12.1 Å². The summed E-state index contributed by atoms with van der Waals surface area (Å²) >= 11 is 0. The van der Waals surface area contributed by atoms with Crippen molar-refractivity contribution < 1.29 is 0 Å². The van der Waals surface area contributed by atoms with Crippen molar-refractivity contribution in [3.8, 4) is 0 Å². The van der Waals surface area contributed by atoms with Crippen LogP contribution >= 0.6 is 0 Å². The van der Waals surface area contributed by atoms with Gasteiger partial charge in [-0.2, -0.15) is 14.6 Å². The van der Waals surface area contributed by atoms with Gasteiger partial charge in [0.05, 0.1) is 0 Å². The molecule has 2 aromatic rings. The van der Waals surface area contributed by atoms with Crippen molar-refractivity contribution in [2.75, 3.05) is 25.0 Å². The lowest BCUT2D eigenvalue weighted by molar-refractivity contribution is 0.240. The molecule has 1 N–H and O–H groups in total. The van der Waals surface area contributed by atoms with E-state index in [1.807, 2.05) is 19.1 Å². The van der Waals surface area contributed by atoms with Crippen LogP contribution in [0.1, 0.15) is 18.5 Å². The molecule has 3 heterocycles. The second-order valence-electron chi connectivity index (χ2n) is 5.26. The predicted octanol–water partition coefficient (Wildman–Crippen LogP) is 1.50. The molecule has 0 unspecified atom stereocenters. The van der Waals surface area contributed by atoms with E-state index in [0.29, 0.717) is 11.8 Å². The summed E-state index contributed by atoms with van der Waals surface area (Å²) in [6.07, 6.45) is 5.77. The van der Waals surface area contributed by atoms with E-state index in [-0.39, 0.29) is 0 Å². The smallest absolute Gasteiger partial charge is 0.254 e. The average Bonchev–Trinajstić information content (AvgIpc) is 2.89. The quantitative estimate of drug-likeness (QED) is 0.855. The van der Waals surface area contributed by atoms with Crippen molar-refractivity contribution >= 4 is 11.6 Å². The van der Waals surface area contributed by atoms with Gasteiger partial charge in [0, 0.05) is 37.4 Å². The molecule has 0 aliphatic carbocycles. The fourth-order valence-electron chi connectivity index (χ4n) is 2.69. The Morgan fingerprint density at radius 3 is 3.00 bits per heavy atom. The van der Waals surface area contributed by atoms with E-state index in [1.165, 1.54) is 0 Å². The molecule has 106 valence electrons. The Labute approximate surface area is 118 Å². The summed E-state index contributed by atoms with van der Waals surface area (Å²) < 4.78 is 1.77. The van der Waals surface area contributed by atoms with E-state index < -0.39 is 0 Å². The minimum atomic E-state index is 0.477. The summed E-state index contributed by atoms with van der Waals surface area (Å²) in [6, 6.07) is 2.50. The zero-order valence-electron chi connectivity index (χ0n) is 11.8. The monoisotopic (exact) mass is 272 g/mol. The van der Waals surface area contributed by atoms with Gasteiger partial charge in [0.15, 0.2) is 0 Å². The van der Waals surface area contributed by atoms with Gasteiger partial charge >= 0.3 is 0 Å². The number of likely N-dealkylation sites (tertiary alicyclic amines) is 1. The number of hydrogen-bond donors (Lipinski definition) is 1. The number of hydrogen-bond acceptors (Lipinski definition) is 5. The first-order valence-corrected chi connectivity index (χ1v) is 7.03. The maximum atomic E-state index is 4.36. The van der Waals surface area contributed by atoms with Crippen LogP contribution in [0.5, 0.6) is 0 Å². The molecule has 0 bridgehead atoms. The van der Waals surface area contributed by atoms with Gasteiger partial charge in [0.2, 0.25) is 0 Å². The van der Waals surface area contributed by atoms with Crippen molar-refractivity contribution in [1.82, 2.24) is 24.5 Å². The molecule has 6 nitrogen and oxygen atoms in total. The van der Waals surface area contributed by atoms with Crippen molar-refractivity contribution in [3.63, 3.8) is 0 Å². The summed E-state index contributed by atoms with van der Waals surface area (Å²) in [5, 5.41) is 7.81. The number of piperidine rings is 1. The fourth-order valence-corrected chi connectivity index (χ4v) is 2.69. The summed E-state index contributed by atoms with van der Waals surface area (Å²) in [5.74, 6) is 1.63. The maximum absolute atomic E-state index is 4.36. The van der Waals surface area contributed by atoms with Crippen LogP contribution in [0.3, 0.4) is 0 Å². The van der Waals surface area contributed by atoms with E-state index in [9.17, 15) is 0 Å². The van der Waals surface area contributed by atoms with Crippen LogP contribution in [0, 0.1) is 6.92 Å². The summed E-state index contributed by atoms with van der Waals surface area (Å²) in [5.41, 5.74) is 0.956. The van der Waals surface area contributed by atoms with Crippen LogP contribution in [0.15, 0.2) is 25.0 Å². The first-order valence-electron chi connectivity index (χ1n) is 7.03. The molecule has 1 fully saturated rings. The van der Waals surface area contributed by atoms with Gasteiger partial charge in [-0.25, -0.2) is 4.98 Å². The molecular weight excluding hydrogens is 252 g/mol. The van der Waals surface area contributed by atoms with Crippen molar-refractivity contribution in [2.45, 2.75) is 25.8 Å². The minimum Gasteiger partial charge on any atom is -0.367 e. The standard InChI is InChI=1S/C14H20N6/c1-3-6-19-7-4-12(5-8-19)18-13-9-11(2)17-14-15-10-16-20(13)14/h3,9-10,12,18H,1,4-8H2,2H3. The van der Waals surface area contributed by atoms with Crippen LogP contribution in [-0.2, 0) is 0 Å². The first kappa shape index (κ1) is 13.1. The van der Waals surface area contributed by atoms with Crippen LogP contribution in [-0.4, -0.2) is 50.2 Å². The zero-order valence-corrected chi connectivity index (χ0v) is 11.8. The van der Waals surface area contributed by atoms with Crippen LogP contribution in [0.4, 0.5) is 5.82 Å². The number of anilines is 1. The topological polar surface area (TPSA) is 58.3 Å². The molecule has 0 aromatic carbocycles. The normalized spacial score (nSPS) is 17.4. The summed E-state index contributed by atoms with van der Waals surface area (Å²) in [7, 11) is 0. The second-order valence-corrected chi connectivity index (χ2v) is 5.26. The van der Waals surface area contributed by atoms with Gasteiger partial charge in [0.25, 0.3) is 5.78 Å². The number of aryl methyl sites for hydroxylation is 1. The van der Waals surface area contributed by atoms with E-state index in [2.05, 4.69) is 31.9 Å². The van der Waals surface area contributed by atoms with Crippen LogP contribution in [0.25, 0.3) is 5.78 Å². The highest BCUT2D eigenvalue weighted by Gasteiger charge is 2.19. The van der Waals surface area contributed by atoms with Crippen molar-refractivity contribution in [1.29, 1.82) is 0 Å². The maximum Gasteiger partial charge on any atom is 0.254 e. The van der Waals surface area contributed by atoms with E-state index in [0.717, 1.165) is 44.0 Å². The van der Waals surface area contributed by atoms with Crippen molar-refractivity contribution in [2.24, 2.45) is 0 Å². The zero-order chi connectivity index (χ0) is 13.9. The molecule has 1 aliphatic rings. The Morgan fingerprint density at radius 1 is 1.45 bits per heavy atom. The number of nitrogens with zero attached hydrogens (tertiary/aromatic N) is 5. The van der Waals surface area contributed by atoms with Gasteiger partial charge in [-0.05, 0) is 19.8 Å². The molecule has 0 amide bonds. The third-order valence-electron chi connectivity index (χ3n) is 3.71. The summed E-state index contributed by atoms with van der Waals surface area (Å²) in [6.45, 7) is 8.97. The number of nitrogens with one attached hydrogen (secondary N) is 1. The van der Waals surface area contributed by atoms with E-state index in [1.54, 1.807) is 10.8 Å². The van der Waals surface area contributed by atoms with E-state index in [4.69, 9.17) is 0 Å². The van der Waals surface area contributed by atoms with Gasteiger partial charge in [-0.1, -0.05) is 6.08 Å².